The molecule has 0 radical (unpaired) electrons. The van der Waals surface area contributed by atoms with Gasteiger partial charge in [0.1, 0.15) is 0 Å². The predicted octanol–water partition coefficient (Wildman–Crippen LogP) is 2.73. The number of hydrogen-bond donors (Lipinski definition) is 5. The minimum absolute atomic E-state index is 0. The van der Waals surface area contributed by atoms with E-state index in [1.165, 1.54) is 23.5 Å². The minimum Gasteiger partial charge on any atom is -0.396 e. The average molecular weight is 700 g/mol. The molecule has 0 saturated carbocycles. The smallest absolute Gasteiger partial charge is 0.164 e. The Bertz CT molecular complexity index is 713. The number of aliphatic hydroxyl groups excluding tert-OH is 5. The molecule has 2 aromatic rings. The molecular weight excluding hydrogens is 664 g/mol. The molecule has 0 spiro atoms. The Labute approximate surface area is 249 Å². The van der Waals surface area contributed by atoms with E-state index in [-0.39, 0.29) is 50.7 Å². The summed E-state index contributed by atoms with van der Waals surface area (Å²) in [6.45, 7) is -2.97. The monoisotopic (exact) mass is 698 g/mol. The van der Waals surface area contributed by atoms with Crippen LogP contribution in [0.4, 0.5) is 0 Å². The normalized spacial score (nSPS) is 12.0. The summed E-state index contributed by atoms with van der Waals surface area (Å²) in [6.07, 6.45) is 2.41. The second-order valence-corrected chi connectivity index (χ2v) is 9.91. The van der Waals surface area contributed by atoms with E-state index in [1.807, 2.05) is 0 Å². The number of aliphatic hydroxyl groups is 5. The van der Waals surface area contributed by atoms with Gasteiger partial charge < -0.3 is 30.3 Å². The fourth-order valence-electron chi connectivity index (χ4n) is 2.75. The third-order valence-corrected chi connectivity index (χ3v) is 7.48. The van der Waals surface area contributed by atoms with Crippen molar-refractivity contribution < 1.29 is 72.1 Å². The van der Waals surface area contributed by atoms with E-state index in [0.29, 0.717) is 0 Å². The first-order valence-corrected chi connectivity index (χ1v) is 12.9. The Morgan fingerprint density at radius 3 is 1.47 bits per heavy atom. The molecule has 0 aliphatic heterocycles. The van der Waals surface area contributed by atoms with Crippen LogP contribution in [0.25, 0.3) is 0 Å². The zero-order valence-corrected chi connectivity index (χ0v) is 24.9. The summed E-state index contributed by atoms with van der Waals surface area (Å²) in [5.41, 5.74) is -0.843. The molecule has 2 aromatic carbocycles. The van der Waals surface area contributed by atoms with Crippen molar-refractivity contribution in [1.82, 2.24) is 0 Å². The van der Waals surface area contributed by atoms with Gasteiger partial charge in [-0.1, -0.05) is 72.3 Å². The van der Waals surface area contributed by atoms with E-state index in [1.54, 1.807) is 0 Å². The summed E-state index contributed by atoms with van der Waals surface area (Å²) in [6, 6.07) is 21.4. The summed E-state index contributed by atoms with van der Waals surface area (Å²) >= 11 is 10.9. The molecule has 0 aliphatic carbocycles. The maximum absolute atomic E-state index is 9.27. The van der Waals surface area contributed by atoms with Gasteiger partial charge in [0, 0.05) is 37.5 Å². The van der Waals surface area contributed by atoms with Crippen LogP contribution in [0, 0.1) is 10.8 Å². The Morgan fingerprint density at radius 1 is 0.722 bits per heavy atom. The fourth-order valence-corrected chi connectivity index (χ4v) is 4.31. The third kappa shape index (κ3) is 13.4. The van der Waals surface area contributed by atoms with Crippen molar-refractivity contribution in [3.05, 3.63) is 71.8 Å². The van der Waals surface area contributed by atoms with Gasteiger partial charge in [-0.3, -0.25) is 4.29 Å². The van der Waals surface area contributed by atoms with Crippen LogP contribution in [0.1, 0.15) is 11.1 Å². The first kappa shape index (κ1) is 38.5. The van der Waals surface area contributed by atoms with E-state index < -0.39 is 49.4 Å². The van der Waals surface area contributed by atoms with Gasteiger partial charge in [0.15, 0.2) is 5.56 Å². The van der Waals surface area contributed by atoms with Crippen molar-refractivity contribution in [2.45, 2.75) is 17.9 Å². The van der Waals surface area contributed by atoms with Gasteiger partial charge in [-0.15, -0.1) is 8.58 Å². The van der Waals surface area contributed by atoms with Crippen LogP contribution in [-0.4, -0.2) is 77.3 Å². The summed E-state index contributed by atoms with van der Waals surface area (Å²) < 4.78 is 9.57. The molecule has 0 heterocycles. The second-order valence-electron chi connectivity index (χ2n) is 8.13. The molecular formula is C24H35Cl2FeO7PPd. The van der Waals surface area contributed by atoms with E-state index in [2.05, 4.69) is 65.0 Å². The van der Waals surface area contributed by atoms with Gasteiger partial charge in [-0.25, -0.2) is 0 Å². The van der Waals surface area contributed by atoms with Gasteiger partial charge in [0.2, 0.25) is 0 Å². The Kier molecular flexibility index (Phi) is 23.7. The molecule has 5 N–H and O–H groups in total. The summed E-state index contributed by atoms with van der Waals surface area (Å²) in [4.78, 5) is 0. The first-order valence-electron chi connectivity index (χ1n) is 10.8. The molecule has 1 atom stereocenters. The van der Waals surface area contributed by atoms with E-state index in [9.17, 15) is 10.2 Å². The van der Waals surface area contributed by atoms with Crippen molar-refractivity contribution in [2.24, 2.45) is 10.8 Å². The molecule has 1 unspecified atom stereocenters. The third-order valence-electron chi connectivity index (χ3n) is 5.34. The quantitative estimate of drug-likeness (QED) is 0.110. The molecule has 0 fully saturated rings. The minimum atomic E-state index is -1.34. The summed E-state index contributed by atoms with van der Waals surface area (Å²) in [5, 5.41) is 45.9. The number of rotatable bonds is 15. The van der Waals surface area contributed by atoms with Gasteiger partial charge in [-0.2, -0.15) is 0 Å². The standard InChI is InChI=1S/C14H15P.C10H20Cl2O7.Fe.Pd/c1-3-7-13(8-4-1)11-15-12-14-9-5-2-6-10-14;11-8(19-12)10(4-16,5-17)7-18-6-9(1-13,2-14)3-15;;/h1-10,15H,11-12H2;8,13-17H,1-7H2;;. The fraction of sp³-hybridized carbons (Fsp3) is 0.500. The summed E-state index contributed by atoms with van der Waals surface area (Å²) in [7, 11) is 0.987. The van der Waals surface area contributed by atoms with Gasteiger partial charge in [0.05, 0.1) is 68.9 Å². The van der Waals surface area contributed by atoms with Crippen molar-refractivity contribution in [1.29, 1.82) is 0 Å². The Morgan fingerprint density at radius 2 is 1.14 bits per heavy atom. The number of benzene rings is 2. The molecule has 0 aromatic heterocycles. The van der Waals surface area contributed by atoms with Crippen molar-refractivity contribution in [2.75, 3.05) is 46.2 Å². The maximum atomic E-state index is 9.27. The topological polar surface area (TPSA) is 120 Å². The average Bonchev–Trinajstić information content (AvgIpc) is 2.91. The van der Waals surface area contributed by atoms with Crippen molar-refractivity contribution >= 4 is 32.0 Å². The van der Waals surface area contributed by atoms with Crippen LogP contribution < -0.4 is 0 Å². The second kappa shape index (κ2) is 22.2. The zero-order chi connectivity index (χ0) is 25.3. The van der Waals surface area contributed by atoms with E-state index >= 15 is 0 Å². The van der Waals surface area contributed by atoms with Crippen LogP contribution in [0.15, 0.2) is 60.7 Å². The molecule has 0 saturated heterocycles. The van der Waals surface area contributed by atoms with Crippen molar-refractivity contribution in [3.63, 3.8) is 0 Å². The molecule has 0 aliphatic rings. The molecule has 0 bridgehead atoms. The number of halogens is 2. The van der Waals surface area contributed by atoms with E-state index in [4.69, 9.17) is 43.5 Å². The predicted molar refractivity (Wildman–Crippen MR) is 136 cm³/mol. The molecule has 210 valence electrons. The number of hydrogen-bond acceptors (Lipinski definition) is 7. The number of ether oxygens (including phenoxy) is 1. The SMILES string of the molecule is OCC(CO)(CO)COCC(CO)(CO)C(Cl)OCl.[Fe].[Pd].c1ccc(CPCc2ccccc2)cc1. The summed E-state index contributed by atoms with van der Waals surface area (Å²) in [5.74, 6) is 0. The van der Waals surface area contributed by atoms with Crippen LogP contribution >= 0.6 is 32.0 Å². The van der Waals surface area contributed by atoms with Gasteiger partial charge in [0.25, 0.3) is 0 Å². The van der Waals surface area contributed by atoms with Crippen molar-refractivity contribution in [3.8, 4) is 0 Å². The van der Waals surface area contributed by atoms with Crippen LogP contribution in [0.2, 0.25) is 0 Å². The molecule has 0 amide bonds. The van der Waals surface area contributed by atoms with Gasteiger partial charge >= 0.3 is 0 Å². The van der Waals surface area contributed by atoms with E-state index in [0.717, 1.165) is 8.58 Å². The first-order chi connectivity index (χ1) is 16.4. The zero-order valence-electron chi connectivity index (χ0n) is 19.7. The maximum Gasteiger partial charge on any atom is 0.164 e. The Balaban J connectivity index is 0. The van der Waals surface area contributed by atoms with Crippen LogP contribution in [-0.2, 0) is 58.8 Å². The molecule has 12 heteroatoms. The Hall–Kier alpha value is 0.352. The largest absolute Gasteiger partial charge is 0.396 e. The molecule has 36 heavy (non-hydrogen) atoms. The molecule has 2 rings (SSSR count). The van der Waals surface area contributed by atoms with Crippen LogP contribution in [0.3, 0.4) is 0 Å². The van der Waals surface area contributed by atoms with Crippen LogP contribution in [0.5, 0.6) is 0 Å². The molecule has 7 nitrogen and oxygen atoms in total. The number of alkyl halides is 1. The van der Waals surface area contributed by atoms with Gasteiger partial charge in [-0.05, 0) is 23.5 Å².